The van der Waals surface area contributed by atoms with Gasteiger partial charge in [-0.15, -0.1) is 5.10 Å². The summed E-state index contributed by atoms with van der Waals surface area (Å²) in [6.45, 7) is 3.72. The van der Waals surface area contributed by atoms with Crippen LogP contribution in [-0.2, 0) is 17.9 Å². The first-order valence-corrected chi connectivity index (χ1v) is 7.40. The number of rotatable bonds is 6. The monoisotopic (exact) mass is 385 g/mol. The van der Waals surface area contributed by atoms with Crippen molar-refractivity contribution in [2.24, 2.45) is 0 Å². The van der Waals surface area contributed by atoms with E-state index in [4.69, 9.17) is 0 Å². The van der Waals surface area contributed by atoms with E-state index in [2.05, 4.69) is 43.5 Å². The van der Waals surface area contributed by atoms with Gasteiger partial charge in [0.2, 0.25) is 5.91 Å². The lowest BCUT2D eigenvalue weighted by atomic mass is 10.3. The first-order valence-electron chi connectivity index (χ1n) is 6.32. The molecule has 0 aliphatic rings. The molecule has 0 spiro atoms. The maximum Gasteiger partial charge on any atom is 0.246 e. The maximum atomic E-state index is 11.9. The number of nitrogens with one attached hydrogen (secondary N) is 2. The molecule has 0 radical (unpaired) electrons. The second-order valence-corrected chi connectivity index (χ2v) is 5.49. The molecule has 0 aliphatic carbocycles. The van der Waals surface area contributed by atoms with Crippen molar-refractivity contribution in [2.75, 3.05) is 11.9 Å². The predicted octanol–water partition coefficient (Wildman–Crippen LogP) is 1.63. The van der Waals surface area contributed by atoms with Crippen LogP contribution in [0.1, 0.15) is 12.6 Å². The van der Waals surface area contributed by atoms with Crippen LogP contribution in [0.2, 0.25) is 0 Å². The van der Waals surface area contributed by atoms with E-state index < -0.39 is 0 Å². The number of anilines is 1. The number of carbonyl (C=O) groups excluding carboxylic acids is 1. The minimum absolute atomic E-state index is 0.119. The van der Waals surface area contributed by atoms with Gasteiger partial charge in [-0.25, -0.2) is 4.68 Å². The Morgan fingerprint density at radius 1 is 1.45 bits per heavy atom. The average Bonchev–Trinajstić information content (AvgIpc) is 2.83. The van der Waals surface area contributed by atoms with Crippen molar-refractivity contribution in [2.45, 2.75) is 20.0 Å². The lowest BCUT2D eigenvalue weighted by Crippen LogP contribution is -2.19. The van der Waals surface area contributed by atoms with Gasteiger partial charge in [-0.3, -0.25) is 4.79 Å². The molecule has 2 rings (SSSR count). The van der Waals surface area contributed by atoms with E-state index in [1.54, 1.807) is 6.20 Å². The molecule has 1 amide bonds. The number of carbonyl (C=O) groups is 1. The van der Waals surface area contributed by atoms with E-state index >= 15 is 0 Å². The van der Waals surface area contributed by atoms with E-state index in [0.717, 1.165) is 21.5 Å². The first kappa shape index (κ1) is 14.9. The summed E-state index contributed by atoms with van der Waals surface area (Å²) < 4.78 is 2.62. The molecular formula is C13H16IN5O. The second-order valence-electron chi connectivity index (χ2n) is 4.25. The lowest BCUT2D eigenvalue weighted by Gasteiger charge is -2.05. The van der Waals surface area contributed by atoms with Crippen LogP contribution in [-0.4, -0.2) is 27.4 Å². The van der Waals surface area contributed by atoms with Crippen molar-refractivity contribution in [3.05, 3.63) is 39.7 Å². The zero-order valence-electron chi connectivity index (χ0n) is 11.1. The van der Waals surface area contributed by atoms with E-state index in [-0.39, 0.29) is 12.5 Å². The van der Waals surface area contributed by atoms with Gasteiger partial charge in [-0.1, -0.05) is 18.2 Å². The molecule has 6 nitrogen and oxygen atoms in total. The minimum Gasteiger partial charge on any atom is -0.324 e. The van der Waals surface area contributed by atoms with E-state index in [1.165, 1.54) is 4.68 Å². The number of halogens is 1. The molecular weight excluding hydrogens is 369 g/mol. The molecule has 0 saturated carbocycles. The molecule has 2 aromatic rings. The van der Waals surface area contributed by atoms with Crippen LogP contribution in [0, 0.1) is 3.57 Å². The highest BCUT2D eigenvalue weighted by molar-refractivity contribution is 14.1. The zero-order valence-corrected chi connectivity index (χ0v) is 13.3. The SMILES string of the molecule is CCNCc1cn(CC(=O)Nc2cccc(I)c2)nn1. The van der Waals surface area contributed by atoms with Crippen LogP contribution < -0.4 is 10.6 Å². The topological polar surface area (TPSA) is 71.8 Å². The summed E-state index contributed by atoms with van der Waals surface area (Å²) >= 11 is 2.21. The smallest absolute Gasteiger partial charge is 0.246 e. The molecule has 7 heteroatoms. The van der Waals surface area contributed by atoms with Crippen LogP contribution in [0.3, 0.4) is 0 Å². The molecule has 1 aromatic carbocycles. The molecule has 20 heavy (non-hydrogen) atoms. The minimum atomic E-state index is -0.119. The Kier molecular flexibility index (Phi) is 5.48. The highest BCUT2D eigenvalue weighted by atomic mass is 127. The Morgan fingerprint density at radius 2 is 2.30 bits per heavy atom. The van der Waals surface area contributed by atoms with Gasteiger partial charge in [0.1, 0.15) is 6.54 Å². The summed E-state index contributed by atoms with van der Waals surface area (Å²) in [5, 5.41) is 13.9. The molecule has 0 bridgehead atoms. The van der Waals surface area contributed by atoms with Gasteiger partial charge in [0.05, 0.1) is 11.9 Å². The van der Waals surface area contributed by atoms with Gasteiger partial charge in [0.25, 0.3) is 0 Å². The third kappa shape index (κ3) is 4.57. The number of nitrogens with zero attached hydrogens (tertiary/aromatic N) is 3. The van der Waals surface area contributed by atoms with Gasteiger partial charge in [0, 0.05) is 15.8 Å². The van der Waals surface area contributed by atoms with Gasteiger partial charge < -0.3 is 10.6 Å². The van der Waals surface area contributed by atoms with Crippen molar-refractivity contribution < 1.29 is 4.79 Å². The van der Waals surface area contributed by atoms with Crippen molar-refractivity contribution in [3.63, 3.8) is 0 Å². The lowest BCUT2D eigenvalue weighted by molar-refractivity contribution is -0.116. The normalized spacial score (nSPS) is 10.5. The molecule has 1 aromatic heterocycles. The molecule has 0 unspecified atom stereocenters. The Bertz CT molecular complexity index is 584. The maximum absolute atomic E-state index is 11.9. The first-order chi connectivity index (χ1) is 9.67. The van der Waals surface area contributed by atoms with Crippen LogP contribution in [0.5, 0.6) is 0 Å². The highest BCUT2D eigenvalue weighted by Gasteiger charge is 2.06. The molecule has 0 atom stereocenters. The summed E-state index contributed by atoms with van der Waals surface area (Å²) in [7, 11) is 0. The number of amides is 1. The summed E-state index contributed by atoms with van der Waals surface area (Å²) in [6, 6.07) is 7.65. The number of hydrogen-bond donors (Lipinski definition) is 2. The molecule has 0 saturated heterocycles. The van der Waals surface area contributed by atoms with Gasteiger partial charge in [-0.2, -0.15) is 0 Å². The largest absolute Gasteiger partial charge is 0.324 e. The Balaban J connectivity index is 1.89. The van der Waals surface area contributed by atoms with Gasteiger partial charge in [-0.05, 0) is 47.3 Å². The fourth-order valence-corrected chi connectivity index (χ4v) is 2.21. The van der Waals surface area contributed by atoms with E-state index in [0.29, 0.717) is 6.54 Å². The summed E-state index contributed by atoms with van der Waals surface area (Å²) in [5.74, 6) is -0.119. The summed E-state index contributed by atoms with van der Waals surface area (Å²) in [5.41, 5.74) is 1.61. The Morgan fingerprint density at radius 3 is 3.05 bits per heavy atom. The third-order valence-electron chi connectivity index (χ3n) is 2.56. The summed E-state index contributed by atoms with van der Waals surface area (Å²) in [4.78, 5) is 11.9. The molecule has 0 fully saturated rings. The quantitative estimate of drug-likeness (QED) is 0.742. The van der Waals surface area contributed by atoms with Crippen LogP contribution in [0.25, 0.3) is 0 Å². The fourth-order valence-electron chi connectivity index (χ4n) is 1.66. The van der Waals surface area contributed by atoms with Crippen LogP contribution in [0.15, 0.2) is 30.5 Å². The fraction of sp³-hybridized carbons (Fsp3) is 0.308. The number of aromatic nitrogens is 3. The van der Waals surface area contributed by atoms with Crippen molar-refractivity contribution in [1.82, 2.24) is 20.3 Å². The zero-order chi connectivity index (χ0) is 14.4. The van der Waals surface area contributed by atoms with Crippen molar-refractivity contribution in [1.29, 1.82) is 0 Å². The van der Waals surface area contributed by atoms with Crippen molar-refractivity contribution >= 4 is 34.2 Å². The third-order valence-corrected chi connectivity index (χ3v) is 3.23. The van der Waals surface area contributed by atoms with Crippen molar-refractivity contribution in [3.8, 4) is 0 Å². The molecule has 1 heterocycles. The van der Waals surface area contributed by atoms with E-state index in [9.17, 15) is 4.79 Å². The Hall–Kier alpha value is -1.48. The average molecular weight is 385 g/mol. The predicted molar refractivity (Wildman–Crippen MR) is 85.2 cm³/mol. The van der Waals surface area contributed by atoms with Crippen LogP contribution >= 0.6 is 22.6 Å². The number of benzene rings is 1. The van der Waals surface area contributed by atoms with Gasteiger partial charge >= 0.3 is 0 Å². The second kappa shape index (κ2) is 7.34. The standard InChI is InChI=1S/C13H16IN5O/c1-2-15-7-12-8-19(18-17-12)9-13(20)16-11-5-3-4-10(14)6-11/h3-6,8,15H,2,7,9H2,1H3,(H,16,20). The van der Waals surface area contributed by atoms with Crippen LogP contribution in [0.4, 0.5) is 5.69 Å². The molecule has 2 N–H and O–H groups in total. The van der Waals surface area contributed by atoms with Gasteiger partial charge in [0.15, 0.2) is 0 Å². The molecule has 0 aliphatic heterocycles. The Labute approximate surface area is 131 Å². The number of hydrogen-bond acceptors (Lipinski definition) is 4. The highest BCUT2D eigenvalue weighted by Crippen LogP contribution is 2.12. The molecule has 106 valence electrons. The van der Waals surface area contributed by atoms with E-state index in [1.807, 2.05) is 31.2 Å². The summed E-state index contributed by atoms with van der Waals surface area (Å²) in [6.07, 6.45) is 1.77.